The quantitative estimate of drug-likeness (QED) is 0.847. The molecule has 1 aromatic heterocycles. The number of nitrogens with zero attached hydrogens (tertiary/aromatic N) is 2. The molecule has 148 valence electrons. The van der Waals surface area contributed by atoms with Crippen LogP contribution in [0.3, 0.4) is 0 Å². The van der Waals surface area contributed by atoms with E-state index in [0.717, 1.165) is 44.7 Å². The van der Waals surface area contributed by atoms with Gasteiger partial charge in [-0.1, -0.05) is 0 Å². The van der Waals surface area contributed by atoms with Gasteiger partial charge >= 0.3 is 0 Å². The number of benzene rings is 1. The Morgan fingerprint density at radius 1 is 1.26 bits per heavy atom. The van der Waals surface area contributed by atoms with Gasteiger partial charge in [-0.2, -0.15) is 0 Å². The van der Waals surface area contributed by atoms with Crippen molar-refractivity contribution in [3.63, 3.8) is 0 Å². The van der Waals surface area contributed by atoms with Gasteiger partial charge in [0.1, 0.15) is 0 Å². The lowest BCUT2D eigenvalue weighted by atomic mass is 9.79. The smallest absolute Gasteiger partial charge is 0.251 e. The molecule has 0 aliphatic carbocycles. The summed E-state index contributed by atoms with van der Waals surface area (Å²) in [6.07, 6.45) is 1.98. The average Bonchev–Trinajstić information content (AvgIpc) is 2.90. The summed E-state index contributed by atoms with van der Waals surface area (Å²) in [5.74, 6) is 0.0165. The summed E-state index contributed by atoms with van der Waals surface area (Å²) < 4.78 is 7.86. The molecule has 2 aromatic rings. The number of nitrogens with one attached hydrogen (secondary N) is 1. The summed E-state index contributed by atoms with van der Waals surface area (Å²) in [5.41, 5.74) is 4.58. The molecule has 5 heteroatoms. The highest BCUT2D eigenvalue weighted by Gasteiger charge is 2.33. The number of hydrogen-bond donors (Lipinski definition) is 1. The lowest BCUT2D eigenvalue weighted by Crippen LogP contribution is -2.47. The number of carbonyl (C=O) groups is 1. The second-order valence-corrected chi connectivity index (χ2v) is 8.22. The molecule has 0 spiro atoms. The number of aryl methyl sites for hydroxylation is 2. The Labute approximate surface area is 162 Å². The predicted molar refractivity (Wildman–Crippen MR) is 110 cm³/mol. The maximum Gasteiger partial charge on any atom is 0.251 e. The Hall–Kier alpha value is -1.85. The van der Waals surface area contributed by atoms with Gasteiger partial charge in [-0.15, -0.1) is 0 Å². The minimum Gasteiger partial charge on any atom is -0.381 e. The minimum absolute atomic E-state index is 0.0165. The first-order valence-electron chi connectivity index (χ1n) is 9.97. The Morgan fingerprint density at radius 2 is 1.96 bits per heavy atom. The van der Waals surface area contributed by atoms with E-state index in [-0.39, 0.29) is 11.3 Å². The normalized spacial score (nSPS) is 16.8. The summed E-state index contributed by atoms with van der Waals surface area (Å²) in [4.78, 5) is 15.1. The van der Waals surface area contributed by atoms with Gasteiger partial charge in [-0.3, -0.25) is 4.79 Å². The van der Waals surface area contributed by atoms with E-state index in [9.17, 15) is 4.79 Å². The fourth-order valence-electron chi connectivity index (χ4n) is 4.43. The molecule has 0 radical (unpaired) electrons. The predicted octanol–water partition coefficient (Wildman–Crippen LogP) is 3.37. The standard InChI is InChI=1S/C22H33N3O2/c1-6-25-17(3)16(2)19-13-18(7-8-20(19)25)21(26)23-14-22(15-24(4)5)9-11-27-12-10-22/h7-8,13H,6,9-12,14-15H2,1-5H3,(H,23,26). The average molecular weight is 372 g/mol. The van der Waals surface area contributed by atoms with Crippen molar-refractivity contribution in [1.82, 2.24) is 14.8 Å². The van der Waals surface area contributed by atoms with Gasteiger partial charge in [-0.25, -0.2) is 0 Å². The minimum atomic E-state index is 0.0165. The molecule has 3 rings (SSSR count). The summed E-state index contributed by atoms with van der Waals surface area (Å²) >= 11 is 0. The van der Waals surface area contributed by atoms with Gasteiger partial charge in [0, 0.05) is 60.4 Å². The van der Waals surface area contributed by atoms with Gasteiger partial charge in [-0.05, 0) is 71.5 Å². The molecule has 1 saturated heterocycles. The zero-order valence-electron chi connectivity index (χ0n) is 17.4. The molecule has 5 nitrogen and oxygen atoms in total. The van der Waals surface area contributed by atoms with Crippen LogP contribution >= 0.6 is 0 Å². The number of carbonyl (C=O) groups excluding carboxylic acids is 1. The number of rotatable bonds is 6. The Kier molecular flexibility index (Phi) is 5.92. The molecular weight excluding hydrogens is 338 g/mol. The van der Waals surface area contributed by atoms with E-state index in [0.29, 0.717) is 6.54 Å². The number of hydrogen-bond acceptors (Lipinski definition) is 3. The van der Waals surface area contributed by atoms with Crippen LogP contribution in [0.4, 0.5) is 0 Å². The highest BCUT2D eigenvalue weighted by molar-refractivity contribution is 5.99. The van der Waals surface area contributed by atoms with Crippen molar-refractivity contribution in [2.75, 3.05) is 40.4 Å². The van der Waals surface area contributed by atoms with Crippen LogP contribution in [0.1, 0.15) is 41.4 Å². The van der Waals surface area contributed by atoms with Gasteiger partial charge in [0.15, 0.2) is 0 Å². The molecule has 1 aromatic carbocycles. The first-order valence-corrected chi connectivity index (χ1v) is 9.97. The first-order chi connectivity index (χ1) is 12.9. The second-order valence-electron chi connectivity index (χ2n) is 8.22. The third kappa shape index (κ3) is 4.04. The van der Waals surface area contributed by atoms with Crippen molar-refractivity contribution in [3.05, 3.63) is 35.0 Å². The Balaban J connectivity index is 1.78. The maximum absolute atomic E-state index is 12.9. The van der Waals surface area contributed by atoms with Crippen molar-refractivity contribution in [3.8, 4) is 0 Å². The molecule has 1 N–H and O–H groups in total. The summed E-state index contributed by atoms with van der Waals surface area (Å²) in [6, 6.07) is 6.07. The van der Waals surface area contributed by atoms with Crippen LogP contribution in [0.15, 0.2) is 18.2 Å². The van der Waals surface area contributed by atoms with Crippen LogP contribution < -0.4 is 5.32 Å². The van der Waals surface area contributed by atoms with Gasteiger partial charge in [0.05, 0.1) is 0 Å². The zero-order chi connectivity index (χ0) is 19.6. The highest BCUT2D eigenvalue weighted by atomic mass is 16.5. The Bertz CT molecular complexity index is 817. The molecule has 0 unspecified atom stereocenters. The van der Waals surface area contributed by atoms with Crippen molar-refractivity contribution in [1.29, 1.82) is 0 Å². The first kappa shape index (κ1) is 19.9. The van der Waals surface area contributed by atoms with Gasteiger partial charge in [0.25, 0.3) is 5.91 Å². The van der Waals surface area contributed by atoms with E-state index in [2.05, 4.69) is 55.7 Å². The summed E-state index contributed by atoms with van der Waals surface area (Å²) in [6.45, 7) is 10.6. The van der Waals surface area contributed by atoms with Crippen LogP contribution in [0, 0.1) is 19.3 Å². The van der Waals surface area contributed by atoms with E-state index in [1.807, 2.05) is 12.1 Å². The van der Waals surface area contributed by atoms with Crippen LogP contribution in [0.25, 0.3) is 10.9 Å². The van der Waals surface area contributed by atoms with Gasteiger partial charge in [0.2, 0.25) is 0 Å². The lowest BCUT2D eigenvalue weighted by Gasteiger charge is -2.39. The fraction of sp³-hybridized carbons (Fsp3) is 0.591. The molecule has 1 aliphatic rings. The lowest BCUT2D eigenvalue weighted by molar-refractivity contribution is 0.00285. The molecular formula is C22H33N3O2. The number of fused-ring (bicyclic) bond motifs is 1. The van der Waals surface area contributed by atoms with E-state index in [1.165, 1.54) is 22.2 Å². The third-order valence-corrected chi connectivity index (χ3v) is 6.05. The topological polar surface area (TPSA) is 46.5 Å². The number of ether oxygens (including phenoxy) is 1. The molecule has 0 atom stereocenters. The summed E-state index contributed by atoms with van der Waals surface area (Å²) in [5, 5.41) is 4.38. The molecule has 1 fully saturated rings. The molecule has 27 heavy (non-hydrogen) atoms. The van der Waals surface area contributed by atoms with E-state index in [4.69, 9.17) is 4.74 Å². The summed E-state index contributed by atoms with van der Waals surface area (Å²) in [7, 11) is 4.19. The molecule has 1 aliphatic heterocycles. The SMILES string of the molecule is CCn1c(C)c(C)c2cc(C(=O)NCC3(CN(C)C)CCOCC3)ccc21. The van der Waals surface area contributed by atoms with Crippen LogP contribution in [0.5, 0.6) is 0 Å². The highest BCUT2D eigenvalue weighted by Crippen LogP contribution is 2.31. The largest absolute Gasteiger partial charge is 0.381 e. The van der Waals surface area contributed by atoms with E-state index in [1.54, 1.807) is 0 Å². The fourth-order valence-corrected chi connectivity index (χ4v) is 4.43. The monoisotopic (exact) mass is 371 g/mol. The molecule has 0 saturated carbocycles. The van der Waals surface area contributed by atoms with E-state index >= 15 is 0 Å². The van der Waals surface area contributed by atoms with Crippen molar-refractivity contribution in [2.45, 2.75) is 40.2 Å². The van der Waals surface area contributed by atoms with Crippen molar-refractivity contribution >= 4 is 16.8 Å². The Morgan fingerprint density at radius 3 is 2.59 bits per heavy atom. The van der Waals surface area contributed by atoms with Crippen LogP contribution in [-0.2, 0) is 11.3 Å². The third-order valence-electron chi connectivity index (χ3n) is 6.05. The van der Waals surface area contributed by atoms with E-state index < -0.39 is 0 Å². The van der Waals surface area contributed by atoms with Crippen LogP contribution in [0.2, 0.25) is 0 Å². The zero-order valence-corrected chi connectivity index (χ0v) is 17.4. The maximum atomic E-state index is 12.9. The second kappa shape index (κ2) is 8.03. The van der Waals surface area contributed by atoms with Gasteiger partial charge < -0.3 is 19.5 Å². The van der Waals surface area contributed by atoms with Crippen molar-refractivity contribution in [2.24, 2.45) is 5.41 Å². The number of amides is 1. The molecule has 1 amide bonds. The van der Waals surface area contributed by atoms with Crippen LogP contribution in [-0.4, -0.2) is 55.8 Å². The van der Waals surface area contributed by atoms with Crippen molar-refractivity contribution < 1.29 is 9.53 Å². The number of aromatic nitrogens is 1. The molecule has 0 bridgehead atoms. The molecule has 2 heterocycles.